The second kappa shape index (κ2) is 4.33. The van der Waals surface area contributed by atoms with E-state index < -0.39 is 0 Å². The molecule has 2 aliphatic rings. The Hall–Kier alpha value is -0.840. The predicted molar refractivity (Wildman–Crippen MR) is 78.3 cm³/mol. The SMILES string of the molecule is S=c1[nH]c2ccc(Cl)cc2n1C1CCOC1C1CC1. The first-order valence-corrected chi connectivity index (χ1v) is 7.54. The van der Waals surface area contributed by atoms with Gasteiger partial charge in [0.1, 0.15) is 0 Å². The number of halogens is 1. The highest BCUT2D eigenvalue weighted by Crippen LogP contribution is 2.44. The highest BCUT2D eigenvalue weighted by Gasteiger charge is 2.42. The molecule has 1 aliphatic carbocycles. The number of nitrogens with zero attached hydrogens (tertiary/aromatic N) is 1. The average Bonchev–Trinajstić information content (AvgIpc) is 3.03. The zero-order chi connectivity index (χ0) is 13.0. The molecule has 1 aliphatic heterocycles. The normalized spacial score (nSPS) is 27.2. The molecule has 0 spiro atoms. The van der Waals surface area contributed by atoms with Crippen molar-refractivity contribution in [3.63, 3.8) is 0 Å². The molecule has 1 saturated heterocycles. The zero-order valence-corrected chi connectivity index (χ0v) is 12.0. The summed E-state index contributed by atoms with van der Waals surface area (Å²) in [6.07, 6.45) is 3.94. The molecule has 5 heteroatoms. The first kappa shape index (κ1) is 11.9. The van der Waals surface area contributed by atoms with Crippen molar-refractivity contribution in [2.75, 3.05) is 6.61 Å². The zero-order valence-electron chi connectivity index (χ0n) is 10.4. The standard InChI is InChI=1S/C14H15ClN2OS/c15-9-3-4-10-12(7-9)17(14(19)16-10)11-5-6-18-13(11)8-1-2-8/h3-4,7-8,11,13H,1-2,5-6H2,(H,16,19). The molecular formula is C14H15ClN2OS. The topological polar surface area (TPSA) is 29.9 Å². The van der Waals surface area contributed by atoms with Crippen LogP contribution in [-0.2, 0) is 4.74 Å². The molecule has 1 saturated carbocycles. The quantitative estimate of drug-likeness (QED) is 0.846. The summed E-state index contributed by atoms with van der Waals surface area (Å²) in [6, 6.07) is 6.23. The molecule has 2 atom stereocenters. The molecule has 2 unspecified atom stereocenters. The molecule has 1 aromatic heterocycles. The monoisotopic (exact) mass is 294 g/mol. The number of aromatic nitrogens is 2. The minimum Gasteiger partial charge on any atom is -0.376 e. The minimum absolute atomic E-state index is 0.324. The van der Waals surface area contributed by atoms with E-state index in [2.05, 4.69) is 9.55 Å². The highest BCUT2D eigenvalue weighted by atomic mass is 35.5. The van der Waals surface area contributed by atoms with E-state index in [0.29, 0.717) is 12.1 Å². The lowest BCUT2D eigenvalue weighted by Crippen LogP contribution is -2.22. The summed E-state index contributed by atoms with van der Waals surface area (Å²) in [6.45, 7) is 0.834. The number of benzene rings is 1. The van der Waals surface area contributed by atoms with Crippen LogP contribution in [0.4, 0.5) is 0 Å². The summed E-state index contributed by atoms with van der Waals surface area (Å²) >= 11 is 11.6. The maximum atomic E-state index is 6.13. The van der Waals surface area contributed by atoms with Gasteiger partial charge in [0, 0.05) is 11.6 Å². The van der Waals surface area contributed by atoms with Crippen LogP contribution in [0, 0.1) is 10.7 Å². The third-order valence-electron chi connectivity index (χ3n) is 4.20. The number of ether oxygens (including phenoxy) is 1. The van der Waals surface area contributed by atoms with Crippen molar-refractivity contribution in [1.29, 1.82) is 0 Å². The number of imidazole rings is 1. The largest absolute Gasteiger partial charge is 0.376 e. The van der Waals surface area contributed by atoms with Crippen LogP contribution >= 0.6 is 23.8 Å². The molecule has 2 fully saturated rings. The Kier molecular flexibility index (Phi) is 2.72. The summed E-state index contributed by atoms with van der Waals surface area (Å²) in [4.78, 5) is 3.27. The molecule has 2 aromatic rings. The van der Waals surface area contributed by atoms with Gasteiger partial charge in [0.25, 0.3) is 0 Å². The highest BCUT2D eigenvalue weighted by molar-refractivity contribution is 7.71. The van der Waals surface area contributed by atoms with Crippen molar-refractivity contribution in [3.05, 3.63) is 28.0 Å². The lowest BCUT2D eigenvalue weighted by molar-refractivity contribution is 0.0756. The fourth-order valence-corrected chi connectivity index (χ4v) is 3.69. The first-order valence-electron chi connectivity index (χ1n) is 6.75. The number of hydrogen-bond acceptors (Lipinski definition) is 2. The van der Waals surface area contributed by atoms with Gasteiger partial charge in [0.2, 0.25) is 0 Å². The van der Waals surface area contributed by atoms with Crippen LogP contribution in [0.5, 0.6) is 0 Å². The lowest BCUT2D eigenvalue weighted by atomic mass is 10.1. The Labute approximate surface area is 121 Å². The van der Waals surface area contributed by atoms with Crippen molar-refractivity contribution in [1.82, 2.24) is 9.55 Å². The molecule has 1 N–H and O–H groups in total. The van der Waals surface area contributed by atoms with Crippen molar-refractivity contribution in [3.8, 4) is 0 Å². The van der Waals surface area contributed by atoms with Crippen molar-refractivity contribution >= 4 is 34.9 Å². The van der Waals surface area contributed by atoms with Crippen LogP contribution in [0.15, 0.2) is 18.2 Å². The Morgan fingerprint density at radius 2 is 2.16 bits per heavy atom. The average molecular weight is 295 g/mol. The van der Waals surface area contributed by atoms with Crippen LogP contribution in [0.3, 0.4) is 0 Å². The van der Waals surface area contributed by atoms with Gasteiger partial charge in [-0.3, -0.25) is 0 Å². The number of rotatable bonds is 2. The van der Waals surface area contributed by atoms with Gasteiger partial charge >= 0.3 is 0 Å². The second-order valence-electron chi connectivity index (χ2n) is 5.49. The number of hydrogen-bond donors (Lipinski definition) is 1. The van der Waals surface area contributed by atoms with Crippen LogP contribution in [0.25, 0.3) is 11.0 Å². The van der Waals surface area contributed by atoms with Crippen molar-refractivity contribution in [2.24, 2.45) is 5.92 Å². The molecule has 4 rings (SSSR count). The van der Waals surface area contributed by atoms with Crippen LogP contribution in [-0.4, -0.2) is 22.3 Å². The van der Waals surface area contributed by atoms with Gasteiger partial charge in [-0.25, -0.2) is 0 Å². The van der Waals surface area contributed by atoms with E-state index in [1.807, 2.05) is 18.2 Å². The minimum atomic E-state index is 0.324. The van der Waals surface area contributed by atoms with Gasteiger partial charge in [-0.2, -0.15) is 0 Å². The van der Waals surface area contributed by atoms with E-state index in [4.69, 9.17) is 28.6 Å². The molecule has 0 amide bonds. The maximum absolute atomic E-state index is 6.13. The number of fused-ring (bicyclic) bond motifs is 1. The Bertz CT molecular complexity index is 688. The Morgan fingerprint density at radius 3 is 2.95 bits per heavy atom. The maximum Gasteiger partial charge on any atom is 0.178 e. The van der Waals surface area contributed by atoms with E-state index in [-0.39, 0.29) is 0 Å². The van der Waals surface area contributed by atoms with Gasteiger partial charge in [-0.05, 0) is 55.6 Å². The summed E-state index contributed by atoms with van der Waals surface area (Å²) < 4.78 is 8.92. The lowest BCUT2D eigenvalue weighted by Gasteiger charge is -2.20. The van der Waals surface area contributed by atoms with Gasteiger partial charge in [-0.1, -0.05) is 11.6 Å². The van der Waals surface area contributed by atoms with Gasteiger partial charge < -0.3 is 14.3 Å². The fraction of sp³-hybridized carbons (Fsp3) is 0.500. The molecular weight excluding hydrogens is 280 g/mol. The molecule has 100 valence electrons. The molecule has 2 heterocycles. The Balaban J connectivity index is 1.87. The van der Waals surface area contributed by atoms with E-state index in [9.17, 15) is 0 Å². The molecule has 0 bridgehead atoms. The van der Waals surface area contributed by atoms with Crippen LogP contribution in [0.2, 0.25) is 5.02 Å². The number of nitrogens with one attached hydrogen (secondary N) is 1. The molecule has 19 heavy (non-hydrogen) atoms. The Morgan fingerprint density at radius 1 is 1.32 bits per heavy atom. The number of H-pyrrole nitrogens is 1. The summed E-state index contributed by atoms with van der Waals surface area (Å²) in [5.74, 6) is 0.721. The van der Waals surface area contributed by atoms with E-state index in [1.54, 1.807) is 0 Å². The molecule has 0 radical (unpaired) electrons. The van der Waals surface area contributed by atoms with Gasteiger partial charge in [0.15, 0.2) is 4.77 Å². The first-order chi connectivity index (χ1) is 9.24. The fourth-order valence-electron chi connectivity index (χ4n) is 3.18. The third-order valence-corrected chi connectivity index (χ3v) is 4.73. The molecule has 3 nitrogen and oxygen atoms in total. The summed E-state index contributed by atoms with van der Waals surface area (Å²) in [7, 11) is 0. The van der Waals surface area contributed by atoms with E-state index in [1.165, 1.54) is 12.8 Å². The van der Waals surface area contributed by atoms with Gasteiger partial charge in [0.05, 0.1) is 23.2 Å². The number of aromatic amines is 1. The van der Waals surface area contributed by atoms with Gasteiger partial charge in [-0.15, -0.1) is 0 Å². The van der Waals surface area contributed by atoms with Crippen molar-refractivity contribution in [2.45, 2.75) is 31.4 Å². The van der Waals surface area contributed by atoms with E-state index in [0.717, 1.165) is 39.8 Å². The smallest absolute Gasteiger partial charge is 0.178 e. The van der Waals surface area contributed by atoms with Crippen molar-refractivity contribution < 1.29 is 4.74 Å². The summed E-state index contributed by atoms with van der Waals surface area (Å²) in [5.41, 5.74) is 2.15. The third kappa shape index (κ3) is 1.93. The molecule has 1 aromatic carbocycles. The van der Waals surface area contributed by atoms with E-state index >= 15 is 0 Å². The van der Waals surface area contributed by atoms with Crippen LogP contribution < -0.4 is 0 Å². The second-order valence-corrected chi connectivity index (χ2v) is 6.31. The summed E-state index contributed by atoms with van der Waals surface area (Å²) in [5, 5.41) is 0.747. The predicted octanol–water partition coefficient (Wildman–Crippen LogP) is 4.09. The van der Waals surface area contributed by atoms with Crippen LogP contribution in [0.1, 0.15) is 25.3 Å².